The van der Waals surface area contributed by atoms with Gasteiger partial charge in [-0.05, 0) is 18.2 Å². The Morgan fingerprint density at radius 2 is 1.83 bits per heavy atom. The first kappa shape index (κ1) is 8.26. The summed E-state index contributed by atoms with van der Waals surface area (Å²) in [5.74, 6) is -1.98. The Balaban J connectivity index is 3.12. The van der Waals surface area contributed by atoms with Gasteiger partial charge in [0.2, 0.25) is 0 Å². The molecule has 0 saturated heterocycles. The molecule has 4 nitrogen and oxygen atoms in total. The van der Waals surface area contributed by atoms with Crippen LogP contribution in [0.4, 0.5) is 0 Å². The molecule has 0 aromatic heterocycles. The number of aromatic carboxylic acids is 1. The van der Waals surface area contributed by atoms with E-state index in [0.717, 1.165) is 0 Å². The predicted molar refractivity (Wildman–Crippen MR) is 41.3 cm³/mol. The summed E-state index contributed by atoms with van der Waals surface area (Å²) in [4.78, 5) is 20.9. The maximum Gasteiger partial charge on any atom is 0.549 e. The molecule has 0 unspecified atom stereocenters. The summed E-state index contributed by atoms with van der Waals surface area (Å²) in [6.45, 7) is 0. The van der Waals surface area contributed by atoms with Crippen molar-refractivity contribution in [3.8, 4) is 0 Å². The Hall–Kier alpha value is -1.84. The van der Waals surface area contributed by atoms with Gasteiger partial charge in [-0.3, -0.25) is 0 Å². The molecular formula is C8H7O4+. The van der Waals surface area contributed by atoms with E-state index in [2.05, 4.69) is 0 Å². The van der Waals surface area contributed by atoms with E-state index in [1.165, 1.54) is 24.3 Å². The summed E-state index contributed by atoms with van der Waals surface area (Å²) in [7, 11) is 0. The van der Waals surface area contributed by atoms with Crippen molar-refractivity contribution in [3.63, 3.8) is 0 Å². The van der Waals surface area contributed by atoms with E-state index in [9.17, 15) is 9.59 Å². The Kier molecular flexibility index (Phi) is 2.09. The molecule has 0 heterocycles. The van der Waals surface area contributed by atoms with Gasteiger partial charge in [-0.25, -0.2) is 4.79 Å². The molecular weight excluding hydrogens is 160 g/mol. The minimum absolute atomic E-state index is 0.0214. The van der Waals surface area contributed by atoms with Gasteiger partial charge in [0.25, 0.3) is 0 Å². The lowest BCUT2D eigenvalue weighted by atomic mass is 10.1. The molecule has 3 N–H and O–H groups in total. The van der Waals surface area contributed by atoms with Crippen LogP contribution in [0.1, 0.15) is 20.7 Å². The zero-order valence-electron chi connectivity index (χ0n) is 6.07. The van der Waals surface area contributed by atoms with E-state index in [-0.39, 0.29) is 11.1 Å². The fraction of sp³-hybridized carbons (Fsp3) is 0. The highest BCUT2D eigenvalue weighted by Crippen LogP contribution is 2.04. The fourth-order valence-electron chi connectivity index (χ4n) is 0.793. The van der Waals surface area contributed by atoms with Crippen molar-refractivity contribution >= 4 is 11.9 Å². The number of carbonyl (C=O) groups is 2. The minimum atomic E-state index is -1.10. The number of carboxylic acid groups (broad SMARTS) is 1. The van der Waals surface area contributed by atoms with Crippen LogP contribution in [0.25, 0.3) is 0 Å². The Morgan fingerprint density at radius 3 is 2.33 bits per heavy atom. The number of hydrogen-bond acceptors (Lipinski definition) is 2. The lowest BCUT2D eigenvalue weighted by Crippen LogP contribution is -2.01. The van der Waals surface area contributed by atoms with E-state index in [1.54, 1.807) is 0 Å². The van der Waals surface area contributed by atoms with Crippen molar-refractivity contribution in [2.45, 2.75) is 0 Å². The molecule has 4 heteroatoms. The molecule has 1 rings (SSSR count). The van der Waals surface area contributed by atoms with E-state index < -0.39 is 11.9 Å². The third kappa shape index (κ3) is 1.60. The van der Waals surface area contributed by atoms with Gasteiger partial charge in [0, 0.05) is 4.79 Å². The summed E-state index contributed by atoms with van der Waals surface area (Å²) in [5, 5.41) is 15.2. The average Bonchev–Trinajstić information content (AvgIpc) is 2.04. The van der Waals surface area contributed by atoms with Gasteiger partial charge >= 0.3 is 11.9 Å². The van der Waals surface area contributed by atoms with Crippen LogP contribution in [0.15, 0.2) is 24.3 Å². The molecule has 62 valence electrons. The van der Waals surface area contributed by atoms with Gasteiger partial charge in [0.05, 0.1) is 5.56 Å². The van der Waals surface area contributed by atoms with Gasteiger partial charge in [-0.2, -0.15) is 0 Å². The minimum Gasteiger partial charge on any atom is -0.561 e. The second kappa shape index (κ2) is 3.04. The van der Waals surface area contributed by atoms with Crippen molar-refractivity contribution < 1.29 is 19.8 Å². The van der Waals surface area contributed by atoms with Gasteiger partial charge < -0.3 is 10.2 Å². The third-order valence-electron chi connectivity index (χ3n) is 1.37. The van der Waals surface area contributed by atoms with E-state index in [4.69, 9.17) is 10.2 Å². The largest absolute Gasteiger partial charge is 0.561 e. The molecule has 0 saturated carbocycles. The Morgan fingerprint density at radius 1 is 1.25 bits per heavy atom. The summed E-state index contributed by atoms with van der Waals surface area (Å²) in [6, 6.07) is 5.39. The second-order valence-electron chi connectivity index (χ2n) is 2.22. The van der Waals surface area contributed by atoms with Crippen LogP contribution in [0.5, 0.6) is 0 Å². The first-order valence-corrected chi connectivity index (χ1v) is 3.20. The lowest BCUT2D eigenvalue weighted by molar-refractivity contribution is 0.0696. The van der Waals surface area contributed by atoms with Crippen LogP contribution in [0, 0.1) is 0 Å². The number of rotatable bonds is 2. The van der Waals surface area contributed by atoms with Gasteiger partial charge in [-0.15, -0.1) is 0 Å². The number of hydrogen-bond donors (Lipinski definition) is 1. The summed E-state index contributed by atoms with van der Waals surface area (Å²) in [6.07, 6.45) is 0. The van der Waals surface area contributed by atoms with Crippen LogP contribution in [-0.2, 0) is 0 Å². The van der Waals surface area contributed by atoms with Gasteiger partial charge in [0.15, 0.2) is 0 Å². The van der Waals surface area contributed by atoms with Crippen molar-refractivity contribution in [1.82, 2.24) is 0 Å². The molecule has 0 bridgehead atoms. The molecule has 0 fully saturated rings. The van der Waals surface area contributed by atoms with Crippen LogP contribution in [-0.4, -0.2) is 22.2 Å². The maximum absolute atomic E-state index is 10.5. The molecule has 0 aliphatic rings. The number of carbonyl (C=O) groups excluding carboxylic acids is 1. The first-order valence-electron chi connectivity index (χ1n) is 3.20. The van der Waals surface area contributed by atoms with Crippen molar-refractivity contribution in [2.75, 3.05) is 0 Å². The van der Waals surface area contributed by atoms with Gasteiger partial charge in [-0.1, -0.05) is 6.07 Å². The highest BCUT2D eigenvalue weighted by molar-refractivity contribution is 5.93. The standard InChI is InChI=1S/C8H6O4/c9-7(10)5-2-1-3-6(4-5)8(11)12/h1-4H,(H,9,10)(H,11,12)/p+1. The summed E-state index contributed by atoms with van der Waals surface area (Å²) < 4.78 is 0. The quantitative estimate of drug-likeness (QED) is 0.641. The van der Waals surface area contributed by atoms with Gasteiger partial charge in [0.1, 0.15) is 5.56 Å². The summed E-state index contributed by atoms with van der Waals surface area (Å²) in [5.41, 5.74) is 0.114. The normalized spacial score (nSPS) is 9.33. The molecule has 0 aliphatic heterocycles. The Labute approximate surface area is 68.1 Å². The van der Waals surface area contributed by atoms with E-state index in [1.807, 2.05) is 0 Å². The average molecular weight is 167 g/mol. The van der Waals surface area contributed by atoms with Crippen molar-refractivity contribution in [1.29, 1.82) is 0 Å². The molecule has 0 aliphatic carbocycles. The topological polar surface area (TPSA) is 77.3 Å². The van der Waals surface area contributed by atoms with Crippen LogP contribution >= 0.6 is 0 Å². The van der Waals surface area contributed by atoms with Crippen molar-refractivity contribution in [2.24, 2.45) is 0 Å². The molecule has 12 heavy (non-hydrogen) atoms. The number of benzene rings is 1. The molecule has 0 amide bonds. The smallest absolute Gasteiger partial charge is 0.549 e. The molecule has 0 spiro atoms. The SMILES string of the molecule is O=C(O)c1cccc(C(=O)[OH2+])c1. The molecule has 0 atom stereocenters. The zero-order valence-corrected chi connectivity index (χ0v) is 6.07. The molecule has 0 radical (unpaired) electrons. The predicted octanol–water partition coefficient (Wildman–Crippen LogP) is 0.250. The molecule has 1 aromatic carbocycles. The van der Waals surface area contributed by atoms with Crippen LogP contribution < -0.4 is 0 Å². The van der Waals surface area contributed by atoms with Crippen LogP contribution in [0.3, 0.4) is 0 Å². The Bertz CT molecular complexity index is 300. The van der Waals surface area contributed by atoms with Crippen LogP contribution in [0.2, 0.25) is 0 Å². The first-order chi connectivity index (χ1) is 5.61. The van der Waals surface area contributed by atoms with E-state index in [0.29, 0.717) is 0 Å². The molecule has 1 aromatic rings. The monoisotopic (exact) mass is 167 g/mol. The maximum atomic E-state index is 10.5. The highest BCUT2D eigenvalue weighted by Gasteiger charge is 2.12. The third-order valence-corrected chi connectivity index (χ3v) is 1.37. The number of carboxylic acids is 1. The lowest BCUT2D eigenvalue weighted by Gasteiger charge is -1.92. The second-order valence-corrected chi connectivity index (χ2v) is 2.22. The summed E-state index contributed by atoms with van der Waals surface area (Å²) >= 11 is 0. The zero-order chi connectivity index (χ0) is 9.14. The van der Waals surface area contributed by atoms with Crippen molar-refractivity contribution in [3.05, 3.63) is 35.4 Å². The fourth-order valence-corrected chi connectivity index (χ4v) is 0.793. The van der Waals surface area contributed by atoms with E-state index >= 15 is 0 Å². The highest BCUT2D eigenvalue weighted by atomic mass is 16.4.